The van der Waals surface area contributed by atoms with Gasteiger partial charge in [0.1, 0.15) is 5.82 Å². The molecular weight excluding hydrogens is 430 g/mol. The third-order valence-electron chi connectivity index (χ3n) is 6.62. The van der Waals surface area contributed by atoms with E-state index in [1.807, 2.05) is 23.1 Å². The largest absolute Gasteiger partial charge is 0.343 e. The lowest BCUT2D eigenvalue weighted by molar-refractivity contribution is -0.133. The van der Waals surface area contributed by atoms with Crippen molar-refractivity contribution in [2.24, 2.45) is 24.8 Å². The van der Waals surface area contributed by atoms with Crippen molar-refractivity contribution < 1.29 is 9.59 Å². The first-order valence-corrected chi connectivity index (χ1v) is 12.1. The van der Waals surface area contributed by atoms with Crippen molar-refractivity contribution in [1.29, 1.82) is 0 Å². The third-order valence-corrected chi connectivity index (χ3v) is 6.62. The average Bonchev–Trinajstić information content (AvgIpc) is 3.24. The van der Waals surface area contributed by atoms with Crippen LogP contribution in [0.2, 0.25) is 0 Å². The normalized spacial score (nSPS) is 15.7. The summed E-state index contributed by atoms with van der Waals surface area (Å²) < 4.78 is 1.64. The lowest BCUT2D eigenvalue weighted by atomic mass is 9.88. The fourth-order valence-electron chi connectivity index (χ4n) is 4.96. The molecule has 0 spiro atoms. The number of fused-ring (bicyclic) bond motifs is 1. The van der Waals surface area contributed by atoms with E-state index in [1.54, 1.807) is 30.2 Å². The van der Waals surface area contributed by atoms with E-state index >= 15 is 0 Å². The molecular formula is C26H33N5O3. The van der Waals surface area contributed by atoms with E-state index in [9.17, 15) is 14.4 Å². The Bertz CT molecular complexity index is 1220. The van der Waals surface area contributed by atoms with E-state index < -0.39 is 0 Å². The summed E-state index contributed by atoms with van der Waals surface area (Å²) in [7, 11) is 1.80. The standard InChI is InChI=1S/C26H33N5O3/c1-17(2)12-18(13-23-28-22-7-5-4-6-21(22)26(34)29-23)14-24(32)31-10-8-19(9-11-31)25(33)20-15-27-30(3)16-20/h4-7,15-19H,8-14H2,1-3H3,(H,28,29,34)/t18-/m0/s1. The molecule has 1 aliphatic rings. The molecule has 180 valence electrons. The van der Waals surface area contributed by atoms with Gasteiger partial charge in [0.15, 0.2) is 5.78 Å². The van der Waals surface area contributed by atoms with Crippen LogP contribution in [-0.2, 0) is 18.3 Å². The number of aromatic nitrogens is 4. The van der Waals surface area contributed by atoms with E-state index in [4.69, 9.17) is 0 Å². The quantitative estimate of drug-likeness (QED) is 0.516. The highest BCUT2D eigenvalue weighted by Crippen LogP contribution is 2.25. The lowest BCUT2D eigenvalue weighted by Crippen LogP contribution is -2.41. The molecule has 1 atom stereocenters. The summed E-state index contributed by atoms with van der Waals surface area (Å²) in [5.74, 6) is 1.30. The van der Waals surface area contributed by atoms with Gasteiger partial charge >= 0.3 is 0 Å². The Morgan fingerprint density at radius 1 is 1.18 bits per heavy atom. The van der Waals surface area contributed by atoms with E-state index in [0.717, 1.165) is 6.42 Å². The van der Waals surface area contributed by atoms with Crippen LogP contribution in [0.25, 0.3) is 10.9 Å². The van der Waals surface area contributed by atoms with Gasteiger partial charge in [-0.05, 0) is 43.2 Å². The molecule has 8 nitrogen and oxygen atoms in total. The molecule has 34 heavy (non-hydrogen) atoms. The van der Waals surface area contributed by atoms with Gasteiger partial charge < -0.3 is 9.88 Å². The molecule has 0 saturated carbocycles. The minimum absolute atomic E-state index is 0.0633. The smallest absolute Gasteiger partial charge is 0.258 e. The van der Waals surface area contributed by atoms with Crippen molar-refractivity contribution in [2.45, 2.75) is 46.0 Å². The van der Waals surface area contributed by atoms with E-state index in [1.165, 1.54) is 0 Å². The van der Waals surface area contributed by atoms with E-state index in [2.05, 4.69) is 28.9 Å². The Morgan fingerprint density at radius 2 is 1.91 bits per heavy atom. The number of hydrogen-bond acceptors (Lipinski definition) is 5. The number of nitrogens with one attached hydrogen (secondary N) is 1. The predicted molar refractivity (Wildman–Crippen MR) is 130 cm³/mol. The number of aryl methyl sites for hydroxylation is 1. The summed E-state index contributed by atoms with van der Waals surface area (Å²) in [6.07, 6.45) is 6.55. The van der Waals surface area contributed by atoms with Crippen LogP contribution in [0, 0.1) is 17.8 Å². The van der Waals surface area contributed by atoms with Crippen molar-refractivity contribution in [3.63, 3.8) is 0 Å². The van der Waals surface area contributed by atoms with Gasteiger partial charge in [0.25, 0.3) is 5.56 Å². The molecule has 2 aromatic heterocycles. The number of carbonyl (C=O) groups is 2. The van der Waals surface area contributed by atoms with Crippen LogP contribution in [0.5, 0.6) is 0 Å². The molecule has 1 saturated heterocycles. The second-order valence-corrected chi connectivity index (χ2v) is 9.86. The minimum atomic E-state index is -0.143. The Morgan fingerprint density at radius 3 is 2.59 bits per heavy atom. The number of ketones is 1. The van der Waals surface area contributed by atoms with Crippen LogP contribution in [0.15, 0.2) is 41.5 Å². The molecule has 1 N–H and O–H groups in total. The predicted octanol–water partition coefficient (Wildman–Crippen LogP) is 3.37. The number of piperidine rings is 1. The summed E-state index contributed by atoms with van der Waals surface area (Å²) in [6, 6.07) is 7.30. The Hall–Kier alpha value is -3.29. The molecule has 0 aliphatic carbocycles. The molecule has 0 radical (unpaired) electrons. The number of likely N-dealkylation sites (tertiary alicyclic amines) is 1. The number of Topliss-reactive ketones (excluding diaryl/α,β-unsaturated/α-hetero) is 1. The zero-order valence-electron chi connectivity index (χ0n) is 20.2. The molecule has 0 bridgehead atoms. The van der Waals surface area contributed by atoms with Crippen LogP contribution in [0.1, 0.15) is 55.7 Å². The summed E-state index contributed by atoms with van der Waals surface area (Å²) >= 11 is 0. The highest BCUT2D eigenvalue weighted by atomic mass is 16.2. The number of hydrogen-bond donors (Lipinski definition) is 1. The zero-order valence-corrected chi connectivity index (χ0v) is 20.2. The molecule has 1 amide bonds. The number of benzene rings is 1. The first-order chi connectivity index (χ1) is 16.3. The van der Waals surface area contributed by atoms with Crippen LogP contribution < -0.4 is 5.56 Å². The van der Waals surface area contributed by atoms with Gasteiger partial charge in [-0.2, -0.15) is 5.10 Å². The summed E-state index contributed by atoms with van der Waals surface area (Å²) in [4.78, 5) is 47.8. The number of carbonyl (C=O) groups excluding carboxylic acids is 2. The number of aromatic amines is 1. The van der Waals surface area contributed by atoms with Gasteiger partial charge in [-0.1, -0.05) is 26.0 Å². The van der Waals surface area contributed by atoms with E-state index in [0.29, 0.717) is 67.0 Å². The molecule has 1 aliphatic heterocycles. The Labute approximate surface area is 199 Å². The lowest BCUT2D eigenvalue weighted by Gasteiger charge is -2.32. The maximum absolute atomic E-state index is 13.1. The van der Waals surface area contributed by atoms with Crippen LogP contribution >= 0.6 is 0 Å². The van der Waals surface area contributed by atoms with Crippen molar-refractivity contribution in [1.82, 2.24) is 24.6 Å². The third kappa shape index (κ3) is 5.61. The molecule has 8 heteroatoms. The van der Waals surface area contributed by atoms with Gasteiger partial charge in [-0.3, -0.25) is 19.1 Å². The highest BCUT2D eigenvalue weighted by Gasteiger charge is 2.29. The second kappa shape index (κ2) is 10.3. The Balaban J connectivity index is 1.38. The van der Waals surface area contributed by atoms with Crippen LogP contribution in [0.4, 0.5) is 0 Å². The van der Waals surface area contributed by atoms with E-state index in [-0.39, 0.29) is 29.1 Å². The number of amides is 1. The first-order valence-electron chi connectivity index (χ1n) is 12.1. The van der Waals surface area contributed by atoms with Gasteiger partial charge in [0, 0.05) is 45.1 Å². The SMILES string of the molecule is CC(C)C[C@H](CC(=O)N1CCC(C(=O)c2cnn(C)c2)CC1)Cc1nc2ccccc2c(=O)[nH]1. The zero-order chi connectivity index (χ0) is 24.2. The summed E-state index contributed by atoms with van der Waals surface area (Å²) in [6.45, 7) is 5.47. The van der Waals surface area contributed by atoms with Crippen molar-refractivity contribution in [2.75, 3.05) is 13.1 Å². The van der Waals surface area contributed by atoms with Crippen molar-refractivity contribution >= 4 is 22.6 Å². The van der Waals surface area contributed by atoms with Crippen LogP contribution in [0.3, 0.4) is 0 Å². The number of rotatable bonds is 8. The van der Waals surface area contributed by atoms with Gasteiger partial charge in [0.05, 0.1) is 22.7 Å². The molecule has 1 aromatic carbocycles. The fraction of sp³-hybridized carbons (Fsp3) is 0.500. The molecule has 3 aromatic rings. The average molecular weight is 464 g/mol. The maximum atomic E-state index is 13.1. The van der Waals surface area contributed by atoms with Gasteiger partial charge in [0.2, 0.25) is 5.91 Å². The topological polar surface area (TPSA) is 101 Å². The first kappa shape index (κ1) is 23.9. The molecule has 4 rings (SSSR count). The number of para-hydroxylation sites is 1. The Kier molecular flexibility index (Phi) is 7.24. The van der Waals surface area contributed by atoms with Gasteiger partial charge in [-0.15, -0.1) is 0 Å². The summed E-state index contributed by atoms with van der Waals surface area (Å²) in [5, 5.41) is 4.67. The fourth-order valence-corrected chi connectivity index (χ4v) is 4.96. The van der Waals surface area contributed by atoms with Crippen molar-refractivity contribution in [3.05, 3.63) is 58.4 Å². The molecule has 3 heterocycles. The van der Waals surface area contributed by atoms with Crippen LogP contribution in [-0.4, -0.2) is 49.4 Å². The van der Waals surface area contributed by atoms with Crippen molar-refractivity contribution in [3.8, 4) is 0 Å². The summed E-state index contributed by atoms with van der Waals surface area (Å²) in [5.41, 5.74) is 1.17. The minimum Gasteiger partial charge on any atom is -0.343 e. The molecule has 1 fully saturated rings. The maximum Gasteiger partial charge on any atom is 0.258 e. The monoisotopic (exact) mass is 463 g/mol. The number of H-pyrrole nitrogens is 1. The number of nitrogens with zero attached hydrogens (tertiary/aromatic N) is 4. The highest BCUT2D eigenvalue weighted by molar-refractivity contribution is 5.97. The van der Waals surface area contributed by atoms with Gasteiger partial charge in [-0.25, -0.2) is 4.98 Å². The second-order valence-electron chi connectivity index (χ2n) is 9.86. The molecule has 0 unspecified atom stereocenters.